The highest BCUT2D eigenvalue weighted by molar-refractivity contribution is 5.79. The van der Waals surface area contributed by atoms with E-state index >= 15 is 0 Å². The normalized spacial score (nSPS) is 17.4. The lowest BCUT2D eigenvalue weighted by Gasteiger charge is -2.24. The molecule has 0 spiro atoms. The quantitative estimate of drug-likeness (QED) is 0.740. The number of para-hydroxylation sites is 2. The number of amides is 1. The molecule has 0 N–H and O–H groups in total. The average Bonchev–Trinajstić information content (AvgIpc) is 2.99. The molecule has 2 aromatic carbocycles. The Morgan fingerprint density at radius 3 is 2.56 bits per heavy atom. The molecule has 5 nitrogen and oxygen atoms in total. The number of aromatic nitrogens is 2. The van der Waals surface area contributed by atoms with E-state index in [9.17, 15) is 9.59 Å². The van der Waals surface area contributed by atoms with Crippen molar-refractivity contribution >= 4 is 16.9 Å². The molecular formula is C20H19N3O2. The standard InChI is InChI=1S/C20H19N3O2/c1-22-16-10-6-5-9-15(16)21-19(20(22)25)17-11-12-18(24)23(17)13-14-7-3-2-4-8-14/h2-10,17H,11-13H2,1H3. The topological polar surface area (TPSA) is 55.2 Å². The number of hydrogen-bond donors (Lipinski definition) is 0. The number of hydrogen-bond acceptors (Lipinski definition) is 3. The van der Waals surface area contributed by atoms with Crippen molar-refractivity contribution in [3.8, 4) is 0 Å². The van der Waals surface area contributed by atoms with Gasteiger partial charge >= 0.3 is 0 Å². The van der Waals surface area contributed by atoms with E-state index in [0.29, 0.717) is 25.1 Å². The van der Waals surface area contributed by atoms with Gasteiger partial charge in [-0.2, -0.15) is 0 Å². The van der Waals surface area contributed by atoms with Gasteiger partial charge in [-0.25, -0.2) is 4.98 Å². The molecule has 1 unspecified atom stereocenters. The molecule has 3 aromatic rings. The van der Waals surface area contributed by atoms with Gasteiger partial charge in [-0.05, 0) is 24.1 Å². The maximum atomic E-state index is 12.8. The summed E-state index contributed by atoms with van der Waals surface area (Å²) in [5.41, 5.74) is 2.97. The molecular weight excluding hydrogens is 314 g/mol. The van der Waals surface area contributed by atoms with Crippen molar-refractivity contribution in [1.82, 2.24) is 14.5 Å². The van der Waals surface area contributed by atoms with Crippen molar-refractivity contribution in [3.05, 3.63) is 76.2 Å². The fraction of sp³-hybridized carbons (Fsp3) is 0.250. The first kappa shape index (κ1) is 15.6. The molecule has 25 heavy (non-hydrogen) atoms. The van der Waals surface area contributed by atoms with Crippen LogP contribution in [0.3, 0.4) is 0 Å². The second kappa shape index (κ2) is 6.16. The molecule has 1 aliphatic heterocycles. The molecule has 1 aromatic heterocycles. The highest BCUT2D eigenvalue weighted by Gasteiger charge is 2.35. The maximum absolute atomic E-state index is 12.8. The molecule has 1 amide bonds. The van der Waals surface area contributed by atoms with E-state index in [4.69, 9.17) is 0 Å². The molecule has 0 aliphatic carbocycles. The fourth-order valence-electron chi connectivity index (χ4n) is 3.51. The molecule has 1 atom stereocenters. The van der Waals surface area contributed by atoms with E-state index in [0.717, 1.165) is 16.6 Å². The predicted molar refractivity (Wildman–Crippen MR) is 96.0 cm³/mol. The Labute approximate surface area is 145 Å². The van der Waals surface area contributed by atoms with Gasteiger partial charge < -0.3 is 9.47 Å². The first-order chi connectivity index (χ1) is 12.1. The monoisotopic (exact) mass is 333 g/mol. The van der Waals surface area contributed by atoms with Crippen molar-refractivity contribution in [1.29, 1.82) is 0 Å². The number of aryl methyl sites for hydroxylation is 1. The number of rotatable bonds is 3. The van der Waals surface area contributed by atoms with E-state index in [1.807, 2.05) is 54.6 Å². The number of benzene rings is 2. The molecule has 4 rings (SSSR count). The highest BCUT2D eigenvalue weighted by atomic mass is 16.2. The van der Waals surface area contributed by atoms with Crippen molar-refractivity contribution in [2.45, 2.75) is 25.4 Å². The summed E-state index contributed by atoms with van der Waals surface area (Å²) < 4.78 is 1.63. The highest BCUT2D eigenvalue weighted by Crippen LogP contribution is 2.32. The lowest BCUT2D eigenvalue weighted by Crippen LogP contribution is -2.33. The van der Waals surface area contributed by atoms with Crippen molar-refractivity contribution in [2.24, 2.45) is 7.05 Å². The second-order valence-corrected chi connectivity index (χ2v) is 6.41. The summed E-state index contributed by atoms with van der Waals surface area (Å²) in [5.74, 6) is 0.0749. The van der Waals surface area contributed by atoms with Crippen molar-refractivity contribution in [2.75, 3.05) is 0 Å². The smallest absolute Gasteiger partial charge is 0.274 e. The molecule has 126 valence electrons. The Kier molecular flexibility index (Phi) is 3.84. The minimum atomic E-state index is -0.268. The first-order valence-electron chi connectivity index (χ1n) is 8.44. The molecule has 5 heteroatoms. The number of nitrogens with zero attached hydrogens (tertiary/aromatic N) is 3. The molecule has 0 bridgehead atoms. The molecule has 1 fully saturated rings. The van der Waals surface area contributed by atoms with Gasteiger partial charge in [0.2, 0.25) is 5.91 Å². The van der Waals surface area contributed by atoms with Gasteiger partial charge in [-0.15, -0.1) is 0 Å². The fourth-order valence-corrected chi connectivity index (χ4v) is 3.51. The van der Waals surface area contributed by atoms with E-state index < -0.39 is 0 Å². The maximum Gasteiger partial charge on any atom is 0.274 e. The van der Waals surface area contributed by atoms with Crippen molar-refractivity contribution in [3.63, 3.8) is 0 Å². The van der Waals surface area contributed by atoms with Gasteiger partial charge in [0.25, 0.3) is 5.56 Å². The number of fused-ring (bicyclic) bond motifs is 1. The first-order valence-corrected chi connectivity index (χ1v) is 8.44. The third-order valence-electron chi connectivity index (χ3n) is 4.85. The van der Waals surface area contributed by atoms with Gasteiger partial charge in [0.1, 0.15) is 5.69 Å². The Hall–Kier alpha value is -2.95. The third kappa shape index (κ3) is 2.71. The van der Waals surface area contributed by atoms with Crippen LogP contribution in [0.25, 0.3) is 11.0 Å². The van der Waals surface area contributed by atoms with Crippen LogP contribution in [-0.4, -0.2) is 20.4 Å². The minimum absolute atomic E-state index is 0.0749. The van der Waals surface area contributed by atoms with Gasteiger partial charge in [-0.1, -0.05) is 42.5 Å². The van der Waals surface area contributed by atoms with Crippen LogP contribution in [0.1, 0.15) is 30.1 Å². The SMILES string of the molecule is Cn1c(=O)c(C2CCC(=O)N2Cc2ccccc2)nc2ccccc21. The lowest BCUT2D eigenvalue weighted by molar-refractivity contribution is -0.129. The van der Waals surface area contributed by atoms with Crippen LogP contribution in [-0.2, 0) is 18.4 Å². The van der Waals surface area contributed by atoms with Gasteiger partial charge in [0, 0.05) is 20.0 Å². The van der Waals surface area contributed by atoms with E-state index in [1.54, 1.807) is 16.5 Å². The van der Waals surface area contributed by atoms with Gasteiger partial charge in [0.15, 0.2) is 0 Å². The van der Waals surface area contributed by atoms with Crippen LogP contribution >= 0.6 is 0 Å². The van der Waals surface area contributed by atoms with Crippen molar-refractivity contribution < 1.29 is 4.79 Å². The van der Waals surface area contributed by atoms with Crippen LogP contribution in [0.5, 0.6) is 0 Å². The molecule has 1 saturated heterocycles. The third-order valence-corrected chi connectivity index (χ3v) is 4.85. The van der Waals surface area contributed by atoms with E-state index in [-0.39, 0.29) is 17.5 Å². The van der Waals surface area contributed by atoms with Crippen LogP contribution < -0.4 is 5.56 Å². The van der Waals surface area contributed by atoms with Crippen LogP contribution in [0, 0.1) is 0 Å². The summed E-state index contributed by atoms with van der Waals surface area (Å²) in [7, 11) is 1.76. The largest absolute Gasteiger partial charge is 0.330 e. The Bertz CT molecular complexity index is 995. The predicted octanol–water partition coefficient (Wildman–Crippen LogP) is 2.80. The van der Waals surface area contributed by atoms with Gasteiger partial charge in [0.05, 0.1) is 17.1 Å². The van der Waals surface area contributed by atoms with Crippen LogP contribution in [0.2, 0.25) is 0 Å². The lowest BCUT2D eigenvalue weighted by atomic mass is 10.1. The minimum Gasteiger partial charge on any atom is -0.330 e. The average molecular weight is 333 g/mol. The number of carbonyl (C=O) groups is 1. The van der Waals surface area contributed by atoms with Crippen LogP contribution in [0.4, 0.5) is 0 Å². The zero-order valence-electron chi connectivity index (χ0n) is 14.1. The van der Waals surface area contributed by atoms with Gasteiger partial charge in [-0.3, -0.25) is 9.59 Å². The second-order valence-electron chi connectivity index (χ2n) is 6.41. The molecule has 0 radical (unpaired) electrons. The zero-order chi connectivity index (χ0) is 17.4. The molecule has 1 aliphatic rings. The Morgan fingerprint density at radius 2 is 1.76 bits per heavy atom. The number of likely N-dealkylation sites (tertiary alicyclic amines) is 1. The Morgan fingerprint density at radius 1 is 1.04 bits per heavy atom. The molecule has 2 heterocycles. The Balaban J connectivity index is 1.77. The zero-order valence-corrected chi connectivity index (χ0v) is 14.1. The molecule has 0 saturated carbocycles. The summed E-state index contributed by atoms with van der Waals surface area (Å²) in [6.07, 6.45) is 1.08. The van der Waals surface area contributed by atoms with Crippen LogP contribution in [0.15, 0.2) is 59.4 Å². The summed E-state index contributed by atoms with van der Waals surface area (Å²) in [6, 6.07) is 17.2. The van der Waals surface area contributed by atoms with E-state index in [1.165, 1.54) is 0 Å². The number of carbonyl (C=O) groups excluding carboxylic acids is 1. The summed E-state index contributed by atoms with van der Waals surface area (Å²) in [4.78, 5) is 31.7. The summed E-state index contributed by atoms with van der Waals surface area (Å²) >= 11 is 0. The van der Waals surface area contributed by atoms with E-state index in [2.05, 4.69) is 4.98 Å². The summed E-state index contributed by atoms with van der Waals surface area (Å²) in [6.45, 7) is 0.502. The summed E-state index contributed by atoms with van der Waals surface area (Å²) in [5, 5.41) is 0.